The van der Waals surface area contributed by atoms with E-state index in [9.17, 15) is 10.1 Å². The molecule has 2 heterocycles. The predicted molar refractivity (Wildman–Crippen MR) is 104 cm³/mol. The molecule has 7 nitrogen and oxygen atoms in total. The van der Waals surface area contributed by atoms with Crippen LogP contribution in [0, 0.1) is 22.7 Å². The molecule has 0 fully saturated rings. The van der Waals surface area contributed by atoms with Gasteiger partial charge in [0.25, 0.3) is 0 Å². The zero-order valence-electron chi connectivity index (χ0n) is 16.0. The fourth-order valence-corrected chi connectivity index (χ4v) is 3.17. The number of benzene rings is 1. The number of carbonyl (C=O) groups is 1. The number of aromatic nitrogens is 1. The van der Waals surface area contributed by atoms with Gasteiger partial charge in [-0.25, -0.2) is 4.79 Å². The van der Waals surface area contributed by atoms with E-state index in [-0.39, 0.29) is 23.6 Å². The number of pyridine rings is 1. The molecule has 0 spiro atoms. The summed E-state index contributed by atoms with van der Waals surface area (Å²) in [6.45, 7) is 3.53. The highest BCUT2D eigenvalue weighted by molar-refractivity contribution is 5.92. The minimum Gasteiger partial charge on any atom is -0.463 e. The van der Waals surface area contributed by atoms with Gasteiger partial charge in [0.2, 0.25) is 5.88 Å². The van der Waals surface area contributed by atoms with Crippen molar-refractivity contribution in [2.45, 2.75) is 19.8 Å². The zero-order chi connectivity index (χ0) is 21.0. The molecule has 1 atom stereocenters. The molecule has 1 aliphatic rings. The van der Waals surface area contributed by atoms with Crippen LogP contribution in [0.3, 0.4) is 0 Å². The molecule has 0 aliphatic carbocycles. The van der Waals surface area contributed by atoms with Crippen molar-refractivity contribution in [3.05, 3.63) is 76.5 Å². The van der Waals surface area contributed by atoms with Gasteiger partial charge in [0.05, 0.1) is 29.4 Å². The first-order chi connectivity index (χ1) is 14.0. The highest BCUT2D eigenvalue weighted by Crippen LogP contribution is 2.40. The third-order valence-corrected chi connectivity index (χ3v) is 4.53. The normalized spacial score (nSPS) is 15.9. The van der Waals surface area contributed by atoms with Crippen LogP contribution in [-0.4, -0.2) is 17.6 Å². The quantitative estimate of drug-likeness (QED) is 0.800. The molecule has 29 heavy (non-hydrogen) atoms. The highest BCUT2D eigenvalue weighted by Gasteiger charge is 2.36. The van der Waals surface area contributed by atoms with Gasteiger partial charge in [0.15, 0.2) is 0 Å². The fourth-order valence-electron chi connectivity index (χ4n) is 3.17. The molecule has 0 saturated heterocycles. The molecule has 2 aromatic rings. The van der Waals surface area contributed by atoms with Crippen LogP contribution in [0.15, 0.2) is 65.4 Å². The van der Waals surface area contributed by atoms with E-state index in [1.807, 2.05) is 30.3 Å². The Labute approximate surface area is 168 Å². The monoisotopic (exact) mass is 386 g/mol. The second-order valence-corrected chi connectivity index (χ2v) is 6.28. The van der Waals surface area contributed by atoms with Gasteiger partial charge in [0.1, 0.15) is 23.5 Å². The van der Waals surface area contributed by atoms with Crippen LogP contribution in [0.4, 0.5) is 0 Å². The highest BCUT2D eigenvalue weighted by atomic mass is 16.5. The van der Waals surface area contributed by atoms with E-state index in [0.29, 0.717) is 22.6 Å². The maximum absolute atomic E-state index is 12.5. The molecular formula is C22H18N4O3. The molecule has 0 radical (unpaired) electrons. The van der Waals surface area contributed by atoms with Crippen molar-refractivity contribution in [3.8, 4) is 23.4 Å². The minimum atomic E-state index is -0.684. The first-order valence-corrected chi connectivity index (χ1v) is 8.92. The second kappa shape index (κ2) is 8.28. The van der Waals surface area contributed by atoms with E-state index >= 15 is 0 Å². The zero-order valence-corrected chi connectivity index (χ0v) is 16.0. The summed E-state index contributed by atoms with van der Waals surface area (Å²) in [6, 6.07) is 14.8. The lowest BCUT2D eigenvalue weighted by Crippen LogP contribution is -2.25. The van der Waals surface area contributed by atoms with Crippen molar-refractivity contribution >= 4 is 5.97 Å². The Morgan fingerprint density at radius 3 is 2.48 bits per heavy atom. The molecule has 1 aromatic heterocycles. The average molecular weight is 386 g/mol. The number of nitrogens with two attached hydrogens (primary N) is 1. The first kappa shape index (κ1) is 19.7. The van der Waals surface area contributed by atoms with Crippen molar-refractivity contribution in [2.75, 3.05) is 6.61 Å². The topological polar surface area (TPSA) is 122 Å². The molecule has 1 unspecified atom stereocenters. The Kier molecular flexibility index (Phi) is 5.61. The van der Waals surface area contributed by atoms with Gasteiger partial charge in [-0.2, -0.15) is 10.5 Å². The van der Waals surface area contributed by atoms with Gasteiger partial charge in [-0.1, -0.05) is 24.3 Å². The maximum atomic E-state index is 12.5. The summed E-state index contributed by atoms with van der Waals surface area (Å²) in [5, 5.41) is 18.5. The largest absolute Gasteiger partial charge is 0.463 e. The van der Waals surface area contributed by atoms with E-state index in [2.05, 4.69) is 11.1 Å². The number of allylic oxidation sites excluding steroid dienone is 2. The molecular weight excluding hydrogens is 368 g/mol. The fraction of sp³-hybridized carbons (Fsp3) is 0.182. The van der Waals surface area contributed by atoms with Gasteiger partial charge in [0, 0.05) is 11.8 Å². The van der Waals surface area contributed by atoms with E-state index < -0.39 is 11.9 Å². The van der Waals surface area contributed by atoms with Crippen molar-refractivity contribution < 1.29 is 14.3 Å². The van der Waals surface area contributed by atoms with Gasteiger partial charge < -0.3 is 15.2 Å². The Morgan fingerprint density at radius 1 is 1.21 bits per heavy atom. The Balaban J connectivity index is 2.03. The number of carbonyl (C=O) groups excluding carboxylic acids is 1. The van der Waals surface area contributed by atoms with E-state index in [1.54, 1.807) is 26.0 Å². The Morgan fingerprint density at radius 2 is 1.93 bits per heavy atom. The van der Waals surface area contributed by atoms with Gasteiger partial charge in [-0.15, -0.1) is 0 Å². The number of nitriles is 2. The summed E-state index contributed by atoms with van der Waals surface area (Å²) in [4.78, 5) is 16.8. The molecule has 144 valence electrons. The van der Waals surface area contributed by atoms with Crippen LogP contribution in [0.5, 0.6) is 0 Å². The Bertz CT molecular complexity index is 1080. The summed E-state index contributed by atoms with van der Waals surface area (Å²) in [7, 11) is 0. The van der Waals surface area contributed by atoms with Crippen LogP contribution in [0.2, 0.25) is 0 Å². The lowest BCUT2D eigenvalue weighted by atomic mass is 9.82. The number of rotatable bonds is 4. The third kappa shape index (κ3) is 3.80. The summed E-state index contributed by atoms with van der Waals surface area (Å²) < 4.78 is 10.6. The minimum absolute atomic E-state index is 0.0270. The molecule has 1 aliphatic heterocycles. The van der Waals surface area contributed by atoms with Crippen LogP contribution in [0.25, 0.3) is 11.3 Å². The summed E-state index contributed by atoms with van der Waals surface area (Å²) in [5.41, 5.74) is 9.03. The third-order valence-electron chi connectivity index (χ3n) is 4.53. The number of hydrogen-bond acceptors (Lipinski definition) is 7. The van der Waals surface area contributed by atoms with Crippen LogP contribution >= 0.6 is 0 Å². The van der Waals surface area contributed by atoms with Crippen molar-refractivity contribution in [1.82, 2.24) is 4.98 Å². The molecule has 3 rings (SSSR count). The predicted octanol–water partition coefficient (Wildman–Crippen LogP) is 3.27. The standard InChI is InChI=1S/C22H18N4O3/c1-3-28-22(27)19-13(2)29-21(25)17(11-24)20(19)16-7-5-15(6-8-16)18-9-4-14(10-23)12-26-18/h4-9,12,20H,3,25H2,1-2H3. The van der Waals surface area contributed by atoms with Gasteiger partial charge in [-0.3, -0.25) is 4.98 Å². The van der Waals surface area contributed by atoms with E-state index in [4.69, 9.17) is 20.5 Å². The second-order valence-electron chi connectivity index (χ2n) is 6.28. The van der Waals surface area contributed by atoms with Crippen molar-refractivity contribution in [3.63, 3.8) is 0 Å². The van der Waals surface area contributed by atoms with Crippen LogP contribution in [0.1, 0.15) is 30.9 Å². The molecule has 0 saturated carbocycles. The number of hydrogen-bond donors (Lipinski definition) is 1. The summed E-state index contributed by atoms with van der Waals surface area (Å²) >= 11 is 0. The number of nitrogens with zero attached hydrogens (tertiary/aromatic N) is 3. The lowest BCUT2D eigenvalue weighted by Gasteiger charge is -2.26. The maximum Gasteiger partial charge on any atom is 0.338 e. The lowest BCUT2D eigenvalue weighted by molar-refractivity contribution is -0.139. The average Bonchev–Trinajstić information content (AvgIpc) is 2.73. The Hall–Kier alpha value is -4.10. The first-order valence-electron chi connectivity index (χ1n) is 8.92. The summed E-state index contributed by atoms with van der Waals surface area (Å²) in [6.07, 6.45) is 1.50. The molecule has 0 amide bonds. The molecule has 1 aromatic carbocycles. The number of esters is 1. The molecule has 2 N–H and O–H groups in total. The van der Waals surface area contributed by atoms with Gasteiger partial charge in [-0.05, 0) is 31.5 Å². The van der Waals surface area contributed by atoms with Crippen LogP contribution < -0.4 is 5.73 Å². The van der Waals surface area contributed by atoms with E-state index in [1.165, 1.54) is 6.20 Å². The summed E-state index contributed by atoms with van der Waals surface area (Å²) in [5.74, 6) is -0.951. The van der Waals surface area contributed by atoms with Crippen LogP contribution in [-0.2, 0) is 14.3 Å². The smallest absolute Gasteiger partial charge is 0.338 e. The van der Waals surface area contributed by atoms with Crippen molar-refractivity contribution in [2.24, 2.45) is 5.73 Å². The SMILES string of the molecule is CCOC(=O)C1=C(C)OC(N)=C(C#N)C1c1ccc(-c2ccc(C#N)cn2)cc1. The number of ether oxygens (including phenoxy) is 2. The van der Waals surface area contributed by atoms with Gasteiger partial charge >= 0.3 is 5.97 Å². The van der Waals surface area contributed by atoms with E-state index in [0.717, 1.165) is 5.56 Å². The molecule has 7 heteroatoms. The molecule has 0 bridgehead atoms. The van der Waals surface area contributed by atoms with Crippen molar-refractivity contribution in [1.29, 1.82) is 10.5 Å².